The smallest absolute Gasteiger partial charge is 0.337 e. The molecule has 0 aliphatic carbocycles. The molecule has 0 radical (unpaired) electrons. The van der Waals surface area contributed by atoms with Crippen molar-refractivity contribution in [3.63, 3.8) is 0 Å². The van der Waals surface area contributed by atoms with Crippen molar-refractivity contribution >= 4 is 39.1 Å². The van der Waals surface area contributed by atoms with Crippen molar-refractivity contribution in [1.82, 2.24) is 4.98 Å². The van der Waals surface area contributed by atoms with Gasteiger partial charge in [-0.05, 0) is 18.2 Å². The second kappa shape index (κ2) is 5.83. The van der Waals surface area contributed by atoms with E-state index in [0.717, 1.165) is 12.3 Å². The first kappa shape index (κ1) is 14.9. The van der Waals surface area contributed by atoms with E-state index >= 15 is 0 Å². The number of nitro groups is 1. The molecule has 0 aliphatic heterocycles. The molecular formula is C12H7BrFN3O4. The fourth-order valence-corrected chi connectivity index (χ4v) is 1.89. The van der Waals surface area contributed by atoms with Gasteiger partial charge in [-0.3, -0.25) is 10.1 Å². The highest BCUT2D eigenvalue weighted by Gasteiger charge is 2.20. The molecule has 0 spiro atoms. The van der Waals surface area contributed by atoms with Crippen molar-refractivity contribution in [2.45, 2.75) is 0 Å². The van der Waals surface area contributed by atoms with Crippen LogP contribution in [0.25, 0.3) is 0 Å². The van der Waals surface area contributed by atoms with Crippen molar-refractivity contribution in [1.29, 1.82) is 0 Å². The van der Waals surface area contributed by atoms with Gasteiger partial charge < -0.3 is 10.4 Å². The minimum Gasteiger partial charge on any atom is -0.478 e. The standard InChI is InChI=1S/C12H7BrFN3O4/c13-7-1-2-8(14)9(4-7)16-11-10(17(20)21)3-6(5-15-11)12(18)19/h1-5H,(H,15,16)(H,18,19). The summed E-state index contributed by atoms with van der Waals surface area (Å²) >= 11 is 3.15. The number of benzene rings is 1. The van der Waals surface area contributed by atoms with Gasteiger partial charge >= 0.3 is 11.7 Å². The number of anilines is 2. The number of rotatable bonds is 4. The van der Waals surface area contributed by atoms with E-state index in [-0.39, 0.29) is 17.1 Å². The van der Waals surface area contributed by atoms with Gasteiger partial charge in [-0.1, -0.05) is 15.9 Å². The van der Waals surface area contributed by atoms with Crippen LogP contribution >= 0.6 is 15.9 Å². The number of hydrogen-bond donors (Lipinski definition) is 2. The summed E-state index contributed by atoms with van der Waals surface area (Å²) in [6.45, 7) is 0. The Kier molecular flexibility index (Phi) is 4.13. The first-order valence-corrected chi connectivity index (χ1v) is 6.27. The lowest BCUT2D eigenvalue weighted by Crippen LogP contribution is -2.05. The van der Waals surface area contributed by atoms with Gasteiger partial charge in [0.2, 0.25) is 5.82 Å². The van der Waals surface area contributed by atoms with Gasteiger partial charge in [-0.15, -0.1) is 0 Å². The molecule has 1 heterocycles. The fraction of sp³-hybridized carbons (Fsp3) is 0. The van der Waals surface area contributed by atoms with E-state index in [1.807, 2.05) is 0 Å². The highest BCUT2D eigenvalue weighted by Crippen LogP contribution is 2.29. The lowest BCUT2D eigenvalue weighted by Gasteiger charge is -2.08. The topological polar surface area (TPSA) is 105 Å². The van der Waals surface area contributed by atoms with E-state index < -0.39 is 22.4 Å². The predicted octanol–water partition coefficient (Wildman–Crippen LogP) is 3.33. The zero-order valence-corrected chi connectivity index (χ0v) is 11.8. The Balaban J connectivity index is 2.46. The Morgan fingerprint density at radius 3 is 2.76 bits per heavy atom. The maximum Gasteiger partial charge on any atom is 0.337 e. The second-order valence-electron chi connectivity index (χ2n) is 3.90. The maximum absolute atomic E-state index is 13.6. The Labute approximate surface area is 125 Å². The van der Waals surface area contributed by atoms with Crippen LogP contribution in [0.4, 0.5) is 21.6 Å². The van der Waals surface area contributed by atoms with Crippen LogP contribution < -0.4 is 5.32 Å². The predicted molar refractivity (Wildman–Crippen MR) is 75.2 cm³/mol. The third-order valence-electron chi connectivity index (χ3n) is 2.49. The monoisotopic (exact) mass is 355 g/mol. The van der Waals surface area contributed by atoms with Gasteiger partial charge in [-0.25, -0.2) is 14.2 Å². The Hall–Kier alpha value is -2.55. The van der Waals surface area contributed by atoms with E-state index in [1.54, 1.807) is 0 Å². The molecule has 0 aliphatic rings. The normalized spacial score (nSPS) is 10.2. The van der Waals surface area contributed by atoms with E-state index in [1.165, 1.54) is 18.2 Å². The summed E-state index contributed by atoms with van der Waals surface area (Å²) in [7, 11) is 0. The number of nitrogens with one attached hydrogen (secondary N) is 1. The molecule has 9 heteroatoms. The molecule has 1 aromatic heterocycles. The van der Waals surface area contributed by atoms with Gasteiger partial charge in [0.1, 0.15) is 5.82 Å². The number of nitrogens with zero attached hydrogens (tertiary/aromatic N) is 2. The summed E-state index contributed by atoms with van der Waals surface area (Å²) in [5.74, 6) is -2.22. The number of hydrogen-bond acceptors (Lipinski definition) is 5. The number of pyridine rings is 1. The summed E-state index contributed by atoms with van der Waals surface area (Å²) in [4.78, 5) is 24.6. The molecule has 0 fully saturated rings. The summed E-state index contributed by atoms with van der Waals surface area (Å²) in [5, 5.41) is 22.2. The van der Waals surface area contributed by atoms with E-state index in [2.05, 4.69) is 26.2 Å². The largest absolute Gasteiger partial charge is 0.478 e. The molecule has 1 aromatic carbocycles. The first-order chi connectivity index (χ1) is 9.88. The van der Waals surface area contributed by atoms with Crippen LogP contribution in [-0.4, -0.2) is 21.0 Å². The minimum atomic E-state index is -1.34. The van der Waals surface area contributed by atoms with Crippen LogP contribution in [0, 0.1) is 15.9 Å². The van der Waals surface area contributed by atoms with E-state index in [4.69, 9.17) is 5.11 Å². The molecule has 0 unspecified atom stereocenters. The summed E-state index contributed by atoms with van der Waals surface area (Å²) < 4.78 is 14.2. The van der Waals surface area contributed by atoms with E-state index in [9.17, 15) is 19.3 Å². The lowest BCUT2D eigenvalue weighted by molar-refractivity contribution is -0.384. The van der Waals surface area contributed by atoms with Crippen LogP contribution in [0.15, 0.2) is 34.9 Å². The number of aromatic nitrogens is 1. The number of aromatic carboxylic acids is 1. The van der Waals surface area contributed by atoms with Crippen molar-refractivity contribution < 1.29 is 19.2 Å². The summed E-state index contributed by atoms with van der Waals surface area (Å²) in [6.07, 6.45) is 0.952. The first-order valence-electron chi connectivity index (χ1n) is 5.48. The van der Waals surface area contributed by atoms with Crippen LogP contribution in [0.2, 0.25) is 0 Å². The zero-order chi connectivity index (χ0) is 15.6. The van der Waals surface area contributed by atoms with Gasteiger partial charge in [0, 0.05) is 16.7 Å². The average molecular weight is 356 g/mol. The van der Waals surface area contributed by atoms with Crippen LogP contribution in [0.1, 0.15) is 10.4 Å². The zero-order valence-electron chi connectivity index (χ0n) is 10.2. The second-order valence-corrected chi connectivity index (χ2v) is 4.82. The van der Waals surface area contributed by atoms with Gasteiger partial charge in [0.15, 0.2) is 0 Å². The van der Waals surface area contributed by atoms with Crippen LogP contribution in [0.3, 0.4) is 0 Å². The van der Waals surface area contributed by atoms with Crippen LogP contribution in [0.5, 0.6) is 0 Å². The average Bonchev–Trinajstić information content (AvgIpc) is 2.42. The number of carbonyl (C=O) groups is 1. The summed E-state index contributed by atoms with van der Waals surface area (Å²) in [5.41, 5.74) is -0.917. The minimum absolute atomic E-state index is 0.0250. The molecule has 7 nitrogen and oxygen atoms in total. The quantitative estimate of drug-likeness (QED) is 0.643. The van der Waals surface area contributed by atoms with Gasteiger partial charge in [0.25, 0.3) is 0 Å². The van der Waals surface area contributed by atoms with E-state index in [0.29, 0.717) is 4.47 Å². The summed E-state index contributed by atoms with van der Waals surface area (Å²) in [6, 6.07) is 4.87. The van der Waals surface area contributed by atoms with Crippen molar-refractivity contribution in [3.05, 3.63) is 56.4 Å². The highest BCUT2D eigenvalue weighted by molar-refractivity contribution is 9.10. The SMILES string of the molecule is O=C(O)c1cnc(Nc2cc(Br)ccc2F)c([N+](=O)[O-])c1. The van der Waals surface area contributed by atoms with Crippen molar-refractivity contribution in [2.75, 3.05) is 5.32 Å². The third-order valence-corrected chi connectivity index (χ3v) is 2.99. The molecule has 0 saturated carbocycles. The molecule has 2 N–H and O–H groups in total. The highest BCUT2D eigenvalue weighted by atomic mass is 79.9. The fourth-order valence-electron chi connectivity index (χ4n) is 1.53. The number of halogens is 2. The molecule has 0 amide bonds. The van der Waals surface area contributed by atoms with Crippen molar-refractivity contribution in [2.24, 2.45) is 0 Å². The number of carboxylic acid groups (broad SMARTS) is 1. The molecule has 2 rings (SSSR count). The third kappa shape index (κ3) is 3.31. The van der Waals surface area contributed by atoms with Gasteiger partial charge in [-0.2, -0.15) is 0 Å². The molecule has 0 saturated heterocycles. The van der Waals surface area contributed by atoms with Crippen molar-refractivity contribution in [3.8, 4) is 0 Å². The molecule has 0 bridgehead atoms. The molecule has 21 heavy (non-hydrogen) atoms. The molecule has 0 atom stereocenters. The maximum atomic E-state index is 13.6. The van der Waals surface area contributed by atoms with Gasteiger partial charge in [0.05, 0.1) is 16.2 Å². The Morgan fingerprint density at radius 2 is 2.14 bits per heavy atom. The van der Waals surface area contributed by atoms with Crippen LogP contribution in [-0.2, 0) is 0 Å². The number of carboxylic acids is 1. The Bertz CT molecular complexity index is 738. The molecular weight excluding hydrogens is 349 g/mol. The lowest BCUT2D eigenvalue weighted by atomic mass is 10.2. The molecule has 2 aromatic rings. The molecule has 108 valence electrons. The Morgan fingerprint density at radius 1 is 1.43 bits per heavy atom.